The highest BCUT2D eigenvalue weighted by molar-refractivity contribution is 5.62. The highest BCUT2D eigenvalue weighted by Crippen LogP contribution is 2.26. The Morgan fingerprint density at radius 2 is 1.93 bits per heavy atom. The van der Waals surface area contributed by atoms with Crippen LogP contribution in [-0.2, 0) is 19.5 Å². The molecule has 0 unspecified atom stereocenters. The molecule has 0 saturated carbocycles. The van der Waals surface area contributed by atoms with Crippen LogP contribution in [0.5, 0.6) is 5.75 Å². The number of nitrogens with one attached hydrogen (secondary N) is 2. The zero-order chi connectivity index (χ0) is 19.3. The van der Waals surface area contributed by atoms with E-state index in [2.05, 4.69) is 32.3 Å². The molecule has 6 heteroatoms. The minimum atomic E-state index is -0.0841. The molecule has 0 saturated heterocycles. The summed E-state index contributed by atoms with van der Waals surface area (Å²) in [5.74, 6) is 1.19. The number of nitrogens with zero attached hydrogens (tertiary/aromatic N) is 2. The fraction of sp³-hybridized carbons (Fsp3) is 0.273. The summed E-state index contributed by atoms with van der Waals surface area (Å²) in [5, 5.41) is 3.19. The van der Waals surface area contributed by atoms with Gasteiger partial charge >= 0.3 is 0 Å². The normalized spacial score (nSPS) is 13.8. The molecule has 2 heterocycles. The third-order valence-electron chi connectivity index (χ3n) is 4.84. The fourth-order valence-electron chi connectivity index (χ4n) is 3.50. The first kappa shape index (κ1) is 18.3. The highest BCUT2D eigenvalue weighted by atomic mass is 16.5. The van der Waals surface area contributed by atoms with Crippen molar-refractivity contribution >= 4 is 11.6 Å². The van der Waals surface area contributed by atoms with Gasteiger partial charge in [0.15, 0.2) is 0 Å². The lowest BCUT2D eigenvalue weighted by Crippen LogP contribution is -2.35. The van der Waals surface area contributed by atoms with Gasteiger partial charge in [0.1, 0.15) is 5.75 Å². The van der Waals surface area contributed by atoms with Crippen LogP contribution >= 0.6 is 0 Å². The number of H-pyrrole nitrogens is 1. The van der Waals surface area contributed by atoms with Crippen LogP contribution in [0.3, 0.4) is 0 Å². The average Bonchev–Trinajstić information content (AvgIpc) is 2.71. The summed E-state index contributed by atoms with van der Waals surface area (Å²) in [6, 6.07) is 18.0. The number of anilines is 2. The summed E-state index contributed by atoms with van der Waals surface area (Å²) in [4.78, 5) is 22.5. The molecular weight excluding hydrogens is 352 g/mol. The molecule has 144 valence electrons. The molecular formula is C22H24N4O2. The first-order chi connectivity index (χ1) is 13.7. The zero-order valence-corrected chi connectivity index (χ0v) is 15.9. The van der Waals surface area contributed by atoms with E-state index in [1.807, 2.05) is 49.4 Å². The van der Waals surface area contributed by atoms with Crippen LogP contribution in [0.15, 0.2) is 59.4 Å². The van der Waals surface area contributed by atoms with Crippen molar-refractivity contribution in [3.05, 3.63) is 81.8 Å². The molecule has 0 radical (unpaired) electrons. The SMILES string of the molecule is CCOc1ccccc1Nc1nc2c(c(=O)[nH]1)CN(Cc1ccccc1)CC2. The predicted molar refractivity (Wildman–Crippen MR) is 110 cm³/mol. The molecule has 0 atom stereocenters. The van der Waals surface area contributed by atoms with Crippen molar-refractivity contribution in [2.75, 3.05) is 18.5 Å². The van der Waals surface area contributed by atoms with Gasteiger partial charge in [0.2, 0.25) is 5.95 Å². The molecule has 0 spiro atoms. The van der Waals surface area contributed by atoms with Gasteiger partial charge in [-0.3, -0.25) is 14.7 Å². The summed E-state index contributed by atoms with van der Waals surface area (Å²) in [6.45, 7) is 4.85. The number of fused-ring (bicyclic) bond motifs is 1. The molecule has 4 rings (SSSR count). The van der Waals surface area contributed by atoms with Crippen LogP contribution in [0, 0.1) is 0 Å². The Balaban J connectivity index is 1.53. The summed E-state index contributed by atoms with van der Waals surface area (Å²) in [5.41, 5.74) is 3.57. The summed E-state index contributed by atoms with van der Waals surface area (Å²) in [7, 11) is 0. The van der Waals surface area contributed by atoms with Gasteiger partial charge in [0.05, 0.1) is 23.6 Å². The number of para-hydroxylation sites is 2. The van der Waals surface area contributed by atoms with Gasteiger partial charge < -0.3 is 10.1 Å². The van der Waals surface area contributed by atoms with Crippen molar-refractivity contribution < 1.29 is 4.74 Å². The van der Waals surface area contributed by atoms with Crippen molar-refractivity contribution in [1.29, 1.82) is 0 Å². The van der Waals surface area contributed by atoms with Crippen LogP contribution in [0.2, 0.25) is 0 Å². The van der Waals surface area contributed by atoms with Crippen molar-refractivity contribution in [2.24, 2.45) is 0 Å². The zero-order valence-electron chi connectivity index (χ0n) is 15.9. The quantitative estimate of drug-likeness (QED) is 0.689. The first-order valence-corrected chi connectivity index (χ1v) is 9.60. The van der Waals surface area contributed by atoms with E-state index in [4.69, 9.17) is 4.74 Å². The molecule has 2 aromatic carbocycles. The van der Waals surface area contributed by atoms with E-state index < -0.39 is 0 Å². The number of aromatic nitrogens is 2. The number of ether oxygens (including phenoxy) is 1. The van der Waals surface area contributed by atoms with Crippen LogP contribution in [0.1, 0.15) is 23.7 Å². The molecule has 28 heavy (non-hydrogen) atoms. The van der Waals surface area contributed by atoms with Crippen LogP contribution in [-0.4, -0.2) is 28.0 Å². The van der Waals surface area contributed by atoms with Gasteiger partial charge in [-0.05, 0) is 24.6 Å². The largest absolute Gasteiger partial charge is 0.492 e. The van der Waals surface area contributed by atoms with Gasteiger partial charge in [-0.1, -0.05) is 42.5 Å². The topological polar surface area (TPSA) is 70.2 Å². The van der Waals surface area contributed by atoms with E-state index >= 15 is 0 Å². The lowest BCUT2D eigenvalue weighted by molar-refractivity contribution is 0.242. The minimum Gasteiger partial charge on any atom is -0.492 e. The second kappa shape index (κ2) is 8.27. The molecule has 0 bridgehead atoms. The van der Waals surface area contributed by atoms with Crippen molar-refractivity contribution in [3.8, 4) is 5.75 Å². The number of hydrogen-bond donors (Lipinski definition) is 2. The van der Waals surface area contributed by atoms with Gasteiger partial charge in [0.25, 0.3) is 5.56 Å². The maximum Gasteiger partial charge on any atom is 0.257 e. The van der Waals surface area contributed by atoms with Crippen LogP contribution in [0.25, 0.3) is 0 Å². The molecule has 1 aromatic heterocycles. The standard InChI is InChI=1S/C22H24N4O2/c1-2-28-20-11-7-6-10-19(20)24-22-23-18-12-13-26(15-17(18)21(27)25-22)14-16-8-4-3-5-9-16/h3-11H,2,12-15H2,1H3,(H2,23,24,25,27). The predicted octanol–water partition coefficient (Wildman–Crippen LogP) is 3.47. The van der Waals surface area contributed by atoms with E-state index in [9.17, 15) is 4.79 Å². The van der Waals surface area contributed by atoms with Crippen LogP contribution in [0.4, 0.5) is 11.6 Å². The van der Waals surface area contributed by atoms with Crippen molar-refractivity contribution in [1.82, 2.24) is 14.9 Å². The molecule has 6 nitrogen and oxygen atoms in total. The van der Waals surface area contributed by atoms with Crippen molar-refractivity contribution in [3.63, 3.8) is 0 Å². The summed E-state index contributed by atoms with van der Waals surface area (Å²) < 4.78 is 5.63. The van der Waals surface area contributed by atoms with E-state index in [1.165, 1.54) is 5.56 Å². The Hall–Kier alpha value is -3.12. The van der Waals surface area contributed by atoms with Gasteiger partial charge in [-0.25, -0.2) is 4.98 Å². The fourth-order valence-corrected chi connectivity index (χ4v) is 3.50. The van der Waals surface area contributed by atoms with Gasteiger partial charge in [0, 0.05) is 26.1 Å². The van der Waals surface area contributed by atoms with Gasteiger partial charge in [-0.15, -0.1) is 0 Å². The molecule has 3 aromatic rings. The Morgan fingerprint density at radius 3 is 2.75 bits per heavy atom. The number of hydrogen-bond acceptors (Lipinski definition) is 5. The lowest BCUT2D eigenvalue weighted by atomic mass is 10.1. The Labute approximate surface area is 164 Å². The van der Waals surface area contributed by atoms with E-state index in [0.717, 1.165) is 42.2 Å². The molecule has 0 amide bonds. The smallest absolute Gasteiger partial charge is 0.257 e. The first-order valence-electron chi connectivity index (χ1n) is 9.60. The average molecular weight is 376 g/mol. The van der Waals surface area contributed by atoms with Crippen molar-refractivity contribution in [2.45, 2.75) is 26.4 Å². The number of aromatic amines is 1. The number of benzene rings is 2. The summed E-state index contributed by atoms with van der Waals surface area (Å²) in [6.07, 6.45) is 0.758. The van der Waals surface area contributed by atoms with E-state index in [-0.39, 0.29) is 5.56 Å². The molecule has 0 aliphatic carbocycles. The Bertz CT molecular complexity index is 1000. The second-order valence-corrected chi connectivity index (χ2v) is 6.84. The number of rotatable bonds is 6. The molecule has 0 fully saturated rings. The van der Waals surface area contributed by atoms with E-state index in [0.29, 0.717) is 19.1 Å². The maximum atomic E-state index is 12.7. The third kappa shape index (κ3) is 4.07. The Kier molecular flexibility index (Phi) is 5.39. The van der Waals surface area contributed by atoms with Crippen LogP contribution < -0.4 is 15.6 Å². The highest BCUT2D eigenvalue weighted by Gasteiger charge is 2.21. The molecule has 1 aliphatic heterocycles. The minimum absolute atomic E-state index is 0.0841. The molecule has 2 N–H and O–H groups in total. The lowest BCUT2D eigenvalue weighted by Gasteiger charge is -2.27. The summed E-state index contributed by atoms with van der Waals surface area (Å²) >= 11 is 0. The Morgan fingerprint density at radius 1 is 1.14 bits per heavy atom. The maximum absolute atomic E-state index is 12.7. The van der Waals surface area contributed by atoms with E-state index in [1.54, 1.807) is 0 Å². The monoisotopic (exact) mass is 376 g/mol. The molecule has 1 aliphatic rings. The van der Waals surface area contributed by atoms with Gasteiger partial charge in [-0.2, -0.15) is 0 Å². The second-order valence-electron chi connectivity index (χ2n) is 6.84. The third-order valence-corrected chi connectivity index (χ3v) is 4.84.